The van der Waals surface area contributed by atoms with Gasteiger partial charge in [0.2, 0.25) is 0 Å². The summed E-state index contributed by atoms with van der Waals surface area (Å²) in [6.07, 6.45) is 3.71. The standard InChI is InChI=1S/C25H19BrN4O2S/c26-17-9-11-18(12-10-17)30-23(22(28-25(30)33)20-7-1-2-13-27-20)21-8-4-14-29(21)19-6-3-5-16(15-19)24(31)32/h1-15,22-23H,(H,28,33)(H,31,32)/t22-,23-/m1/s1. The third-order valence-corrected chi connectivity index (χ3v) is 6.50. The fraction of sp³-hybridized carbons (Fsp3) is 0.0800. The lowest BCUT2D eigenvalue weighted by Gasteiger charge is -2.29. The highest BCUT2D eigenvalue weighted by Gasteiger charge is 2.42. The number of halogens is 1. The van der Waals surface area contributed by atoms with Crippen molar-refractivity contribution < 1.29 is 9.90 Å². The molecule has 4 aromatic rings. The van der Waals surface area contributed by atoms with Gasteiger partial charge in [0.05, 0.1) is 17.3 Å². The topological polar surface area (TPSA) is 70.4 Å². The van der Waals surface area contributed by atoms with Gasteiger partial charge in [0.1, 0.15) is 6.04 Å². The predicted octanol–water partition coefficient (Wildman–Crippen LogP) is 5.51. The Kier molecular flexibility index (Phi) is 5.70. The monoisotopic (exact) mass is 518 g/mol. The Morgan fingerprint density at radius 2 is 1.82 bits per heavy atom. The molecule has 5 rings (SSSR count). The number of carboxylic acid groups (broad SMARTS) is 1. The predicted molar refractivity (Wildman–Crippen MR) is 135 cm³/mol. The van der Waals surface area contributed by atoms with Crippen molar-refractivity contribution in [2.24, 2.45) is 0 Å². The minimum Gasteiger partial charge on any atom is -0.478 e. The summed E-state index contributed by atoms with van der Waals surface area (Å²) in [5.74, 6) is -0.961. The highest BCUT2D eigenvalue weighted by atomic mass is 79.9. The Morgan fingerprint density at radius 1 is 1.00 bits per heavy atom. The molecular formula is C25H19BrN4O2S. The lowest BCUT2D eigenvalue weighted by atomic mass is 10.0. The lowest BCUT2D eigenvalue weighted by Crippen LogP contribution is -2.30. The molecule has 0 bridgehead atoms. The van der Waals surface area contributed by atoms with Crippen LogP contribution in [0.3, 0.4) is 0 Å². The highest BCUT2D eigenvalue weighted by molar-refractivity contribution is 9.10. The number of hydrogen-bond donors (Lipinski definition) is 2. The van der Waals surface area contributed by atoms with Crippen LogP contribution in [0.15, 0.2) is 95.7 Å². The Labute approximate surface area is 204 Å². The van der Waals surface area contributed by atoms with Gasteiger partial charge in [-0.05, 0) is 78.9 Å². The van der Waals surface area contributed by atoms with E-state index in [0.717, 1.165) is 27.2 Å². The van der Waals surface area contributed by atoms with Crippen LogP contribution >= 0.6 is 28.1 Å². The maximum Gasteiger partial charge on any atom is 0.335 e. The highest BCUT2D eigenvalue weighted by Crippen LogP contribution is 2.42. The van der Waals surface area contributed by atoms with Crippen molar-refractivity contribution in [2.75, 3.05) is 4.90 Å². The van der Waals surface area contributed by atoms with Gasteiger partial charge in [0.15, 0.2) is 5.11 Å². The third kappa shape index (κ3) is 4.03. The fourth-order valence-corrected chi connectivity index (χ4v) is 4.80. The number of thiocarbonyl (C=S) groups is 1. The molecule has 0 unspecified atom stereocenters. The van der Waals surface area contributed by atoms with Gasteiger partial charge >= 0.3 is 5.97 Å². The molecule has 2 N–H and O–H groups in total. The number of anilines is 1. The molecule has 1 fully saturated rings. The number of aromatic carboxylic acids is 1. The van der Waals surface area contributed by atoms with Crippen LogP contribution in [0.5, 0.6) is 0 Å². The van der Waals surface area contributed by atoms with Crippen molar-refractivity contribution in [3.63, 3.8) is 0 Å². The van der Waals surface area contributed by atoms with Gasteiger partial charge in [-0.15, -0.1) is 0 Å². The number of carbonyl (C=O) groups is 1. The number of rotatable bonds is 5. The van der Waals surface area contributed by atoms with E-state index < -0.39 is 5.97 Å². The Bertz CT molecular complexity index is 1320. The quantitative estimate of drug-likeness (QED) is 0.339. The lowest BCUT2D eigenvalue weighted by molar-refractivity contribution is 0.0697. The van der Waals surface area contributed by atoms with E-state index >= 15 is 0 Å². The fourth-order valence-electron chi connectivity index (χ4n) is 4.19. The van der Waals surface area contributed by atoms with Crippen LogP contribution < -0.4 is 10.2 Å². The van der Waals surface area contributed by atoms with E-state index in [1.165, 1.54) is 0 Å². The summed E-state index contributed by atoms with van der Waals surface area (Å²) in [6.45, 7) is 0. The maximum atomic E-state index is 11.6. The van der Waals surface area contributed by atoms with Crippen LogP contribution in [-0.4, -0.2) is 25.7 Å². The molecule has 2 atom stereocenters. The molecule has 2 aromatic carbocycles. The van der Waals surface area contributed by atoms with Crippen LogP contribution in [0, 0.1) is 0 Å². The summed E-state index contributed by atoms with van der Waals surface area (Å²) in [5, 5.41) is 13.5. The second kappa shape index (κ2) is 8.80. The number of nitrogens with zero attached hydrogens (tertiary/aromatic N) is 3. The normalized spacial score (nSPS) is 17.7. The summed E-state index contributed by atoms with van der Waals surface area (Å²) in [5.41, 5.74) is 3.78. The van der Waals surface area contributed by atoms with Crippen molar-refractivity contribution in [1.29, 1.82) is 0 Å². The molecule has 0 aliphatic carbocycles. The van der Waals surface area contributed by atoms with Crippen molar-refractivity contribution in [1.82, 2.24) is 14.9 Å². The number of benzene rings is 2. The van der Waals surface area contributed by atoms with E-state index in [2.05, 4.69) is 31.1 Å². The first-order chi connectivity index (χ1) is 16.0. The van der Waals surface area contributed by atoms with Crippen molar-refractivity contribution in [3.8, 4) is 5.69 Å². The van der Waals surface area contributed by atoms with E-state index in [-0.39, 0.29) is 17.6 Å². The van der Waals surface area contributed by atoms with Crippen molar-refractivity contribution >= 4 is 44.9 Å². The zero-order valence-electron chi connectivity index (χ0n) is 17.3. The molecule has 1 aliphatic heterocycles. The molecule has 8 heteroatoms. The molecule has 3 heterocycles. The van der Waals surface area contributed by atoms with E-state index in [0.29, 0.717) is 5.11 Å². The van der Waals surface area contributed by atoms with Crippen LogP contribution in [0.1, 0.15) is 33.8 Å². The van der Waals surface area contributed by atoms with Gasteiger partial charge in [0.25, 0.3) is 0 Å². The molecule has 33 heavy (non-hydrogen) atoms. The second-order valence-corrected chi connectivity index (χ2v) is 8.93. The molecule has 0 spiro atoms. The Balaban J connectivity index is 1.66. The number of hydrogen-bond acceptors (Lipinski definition) is 3. The number of nitrogens with one attached hydrogen (secondary N) is 1. The molecule has 6 nitrogen and oxygen atoms in total. The van der Waals surface area contributed by atoms with E-state index in [1.807, 2.05) is 71.4 Å². The molecule has 1 aliphatic rings. The van der Waals surface area contributed by atoms with Gasteiger partial charge in [-0.3, -0.25) is 4.98 Å². The Hall–Kier alpha value is -3.49. The van der Waals surface area contributed by atoms with Crippen LogP contribution in [0.2, 0.25) is 0 Å². The molecule has 164 valence electrons. The molecule has 0 saturated carbocycles. The van der Waals surface area contributed by atoms with E-state index in [9.17, 15) is 9.90 Å². The average Bonchev–Trinajstić information content (AvgIpc) is 3.44. The number of pyridine rings is 1. The average molecular weight is 519 g/mol. The van der Waals surface area contributed by atoms with Crippen molar-refractivity contribution in [2.45, 2.75) is 12.1 Å². The smallest absolute Gasteiger partial charge is 0.335 e. The summed E-state index contributed by atoms with van der Waals surface area (Å²) in [7, 11) is 0. The minimum absolute atomic E-state index is 0.196. The maximum absolute atomic E-state index is 11.6. The first kappa shape index (κ1) is 21.4. The van der Waals surface area contributed by atoms with E-state index in [1.54, 1.807) is 24.4 Å². The van der Waals surface area contributed by atoms with Crippen LogP contribution in [0.25, 0.3) is 5.69 Å². The van der Waals surface area contributed by atoms with Gasteiger partial charge in [0, 0.05) is 33.9 Å². The summed E-state index contributed by atoms with van der Waals surface area (Å²) < 4.78 is 2.99. The molecular weight excluding hydrogens is 500 g/mol. The first-order valence-corrected chi connectivity index (χ1v) is 11.5. The largest absolute Gasteiger partial charge is 0.478 e. The zero-order valence-corrected chi connectivity index (χ0v) is 19.7. The van der Waals surface area contributed by atoms with Crippen LogP contribution in [-0.2, 0) is 0 Å². The van der Waals surface area contributed by atoms with Gasteiger partial charge < -0.3 is 19.9 Å². The summed E-state index contributed by atoms with van der Waals surface area (Å²) >= 11 is 9.29. The molecule has 2 aromatic heterocycles. The first-order valence-electron chi connectivity index (χ1n) is 10.3. The molecule has 0 amide bonds. The van der Waals surface area contributed by atoms with Crippen LogP contribution in [0.4, 0.5) is 5.69 Å². The SMILES string of the molecule is O=C(O)c1cccc(-n2cccc2[C@@H]2[C@@H](c3ccccn3)NC(=S)N2c2ccc(Br)cc2)c1. The number of aromatic nitrogens is 2. The van der Waals surface area contributed by atoms with Gasteiger partial charge in [-0.25, -0.2) is 4.79 Å². The Morgan fingerprint density at radius 3 is 2.55 bits per heavy atom. The summed E-state index contributed by atoms with van der Waals surface area (Å²) in [6, 6.07) is 24.3. The minimum atomic E-state index is -0.961. The van der Waals surface area contributed by atoms with Crippen molar-refractivity contribution in [3.05, 3.63) is 113 Å². The molecule has 1 saturated heterocycles. The third-order valence-electron chi connectivity index (χ3n) is 5.66. The second-order valence-electron chi connectivity index (χ2n) is 7.63. The van der Waals surface area contributed by atoms with E-state index in [4.69, 9.17) is 12.2 Å². The summed E-state index contributed by atoms with van der Waals surface area (Å²) in [4.78, 5) is 18.2. The number of carboxylic acids is 1. The molecule has 0 radical (unpaired) electrons. The van der Waals surface area contributed by atoms with Gasteiger partial charge in [-0.1, -0.05) is 28.1 Å². The van der Waals surface area contributed by atoms with Gasteiger partial charge in [-0.2, -0.15) is 0 Å². The zero-order chi connectivity index (χ0) is 22.9.